The zero-order valence-electron chi connectivity index (χ0n) is 12.2. The number of nitrogens with two attached hydrogens (primary N) is 2. The number of hydrogen-bond acceptors (Lipinski definition) is 6. The molecule has 3 rings (SSSR count). The normalized spacial score (nSPS) is 12.0. The molecule has 23 heavy (non-hydrogen) atoms. The Morgan fingerprint density at radius 1 is 1.30 bits per heavy atom. The number of sulfone groups is 1. The van der Waals surface area contributed by atoms with Crippen LogP contribution >= 0.6 is 11.6 Å². The van der Waals surface area contributed by atoms with Gasteiger partial charge in [-0.25, -0.2) is 17.9 Å². The minimum atomic E-state index is -3.91. The van der Waals surface area contributed by atoms with Gasteiger partial charge in [-0.3, -0.25) is 0 Å². The van der Waals surface area contributed by atoms with Gasteiger partial charge in [0.15, 0.2) is 16.4 Å². The predicted molar refractivity (Wildman–Crippen MR) is 86.9 cm³/mol. The summed E-state index contributed by atoms with van der Waals surface area (Å²) in [5.74, 6) is -0.116. The van der Waals surface area contributed by atoms with Crippen molar-refractivity contribution >= 4 is 32.9 Å². The number of nitrogen functional groups attached to an aromatic ring is 1. The first-order valence-corrected chi connectivity index (χ1v) is 8.56. The summed E-state index contributed by atoms with van der Waals surface area (Å²) in [6.07, 6.45) is 0. The number of aryl methyl sites for hydroxylation is 1. The van der Waals surface area contributed by atoms with Crippen LogP contribution in [0.5, 0.6) is 0 Å². The molecule has 0 bridgehead atoms. The Morgan fingerprint density at radius 3 is 2.70 bits per heavy atom. The molecule has 1 aromatic carbocycles. The van der Waals surface area contributed by atoms with Gasteiger partial charge >= 0.3 is 0 Å². The van der Waals surface area contributed by atoms with E-state index in [1.54, 1.807) is 25.1 Å². The lowest BCUT2D eigenvalue weighted by Crippen LogP contribution is -2.08. The van der Waals surface area contributed by atoms with Gasteiger partial charge in [0, 0.05) is 17.3 Å². The molecule has 9 heteroatoms. The number of nitrogens with zero attached hydrogens (tertiary/aromatic N) is 3. The first-order valence-electron chi connectivity index (χ1n) is 6.70. The standard InChI is InChI=1S/C14H14ClN5O2S/c1-8-5-10(7-16)18-14-12(13(17)19-20(8)14)23(21,22)11-4-2-3-9(15)6-11/h2-6H,7,16H2,1H3,(H2,17,19). The highest BCUT2D eigenvalue weighted by Gasteiger charge is 2.28. The van der Waals surface area contributed by atoms with E-state index in [4.69, 9.17) is 23.1 Å². The Labute approximate surface area is 137 Å². The second-order valence-corrected chi connectivity index (χ2v) is 7.33. The summed E-state index contributed by atoms with van der Waals surface area (Å²) in [5, 5.41) is 4.39. The van der Waals surface area contributed by atoms with Gasteiger partial charge in [0.1, 0.15) is 0 Å². The molecular formula is C14H14ClN5O2S. The van der Waals surface area contributed by atoms with Crippen LogP contribution in [-0.2, 0) is 16.4 Å². The minimum Gasteiger partial charge on any atom is -0.381 e. The Hall–Kier alpha value is -2.16. The molecule has 0 aliphatic carbocycles. The van der Waals surface area contributed by atoms with E-state index in [0.29, 0.717) is 16.4 Å². The van der Waals surface area contributed by atoms with Gasteiger partial charge in [-0.1, -0.05) is 17.7 Å². The molecule has 3 aromatic rings. The van der Waals surface area contributed by atoms with Gasteiger partial charge in [0.2, 0.25) is 9.84 Å². The molecular weight excluding hydrogens is 338 g/mol. The topological polar surface area (TPSA) is 116 Å². The molecule has 4 N–H and O–H groups in total. The quantitative estimate of drug-likeness (QED) is 0.739. The largest absolute Gasteiger partial charge is 0.381 e. The lowest BCUT2D eigenvalue weighted by Gasteiger charge is -2.06. The van der Waals surface area contributed by atoms with Crippen LogP contribution in [0.4, 0.5) is 5.82 Å². The van der Waals surface area contributed by atoms with E-state index in [1.165, 1.54) is 16.6 Å². The summed E-state index contributed by atoms with van der Waals surface area (Å²) < 4.78 is 27.3. The number of rotatable bonds is 3. The molecule has 0 atom stereocenters. The Balaban J connectivity index is 2.35. The van der Waals surface area contributed by atoms with E-state index >= 15 is 0 Å². The van der Waals surface area contributed by atoms with Gasteiger partial charge in [0.25, 0.3) is 0 Å². The van der Waals surface area contributed by atoms with Crippen molar-refractivity contribution in [2.75, 3.05) is 5.73 Å². The summed E-state index contributed by atoms with van der Waals surface area (Å²) in [5.41, 5.74) is 12.9. The van der Waals surface area contributed by atoms with Crippen molar-refractivity contribution in [3.63, 3.8) is 0 Å². The zero-order chi connectivity index (χ0) is 16.8. The maximum atomic E-state index is 12.9. The highest BCUT2D eigenvalue weighted by atomic mass is 35.5. The van der Waals surface area contributed by atoms with Gasteiger partial charge in [-0.05, 0) is 31.2 Å². The van der Waals surface area contributed by atoms with E-state index in [-0.39, 0.29) is 27.8 Å². The fraction of sp³-hybridized carbons (Fsp3) is 0.143. The minimum absolute atomic E-state index is 0.0317. The molecule has 7 nitrogen and oxygen atoms in total. The maximum absolute atomic E-state index is 12.9. The van der Waals surface area contributed by atoms with Crippen LogP contribution in [0.1, 0.15) is 11.4 Å². The number of benzene rings is 1. The van der Waals surface area contributed by atoms with Crippen molar-refractivity contribution in [1.29, 1.82) is 0 Å². The van der Waals surface area contributed by atoms with E-state index in [9.17, 15) is 8.42 Å². The number of aromatic nitrogens is 3. The molecule has 0 saturated heterocycles. The lowest BCUT2D eigenvalue weighted by molar-refractivity contribution is 0.597. The SMILES string of the molecule is Cc1cc(CN)nc2c(S(=O)(=O)c3cccc(Cl)c3)c(N)nn12. The monoisotopic (exact) mass is 351 g/mol. The van der Waals surface area contributed by atoms with E-state index in [1.807, 2.05) is 0 Å². The van der Waals surface area contributed by atoms with Crippen LogP contribution in [0.25, 0.3) is 5.65 Å². The zero-order valence-corrected chi connectivity index (χ0v) is 13.8. The van der Waals surface area contributed by atoms with Crippen LogP contribution in [-0.4, -0.2) is 23.0 Å². The van der Waals surface area contributed by atoms with Crippen LogP contribution in [0, 0.1) is 6.92 Å². The molecule has 2 heterocycles. The van der Waals surface area contributed by atoms with Crippen molar-refractivity contribution in [2.24, 2.45) is 5.73 Å². The molecule has 0 aliphatic rings. The average Bonchev–Trinajstić information content (AvgIpc) is 2.84. The van der Waals surface area contributed by atoms with E-state index < -0.39 is 9.84 Å². The molecule has 0 amide bonds. The van der Waals surface area contributed by atoms with Gasteiger partial charge in [0.05, 0.1) is 10.6 Å². The maximum Gasteiger partial charge on any atom is 0.214 e. The van der Waals surface area contributed by atoms with Crippen LogP contribution in [0.15, 0.2) is 40.1 Å². The third kappa shape index (κ3) is 2.54. The lowest BCUT2D eigenvalue weighted by atomic mass is 10.3. The first-order chi connectivity index (χ1) is 10.8. The fourth-order valence-corrected chi connectivity index (χ4v) is 4.06. The summed E-state index contributed by atoms with van der Waals surface area (Å²) in [6.45, 7) is 1.95. The second-order valence-electron chi connectivity index (χ2n) is 5.00. The van der Waals surface area contributed by atoms with Gasteiger partial charge in [-0.15, -0.1) is 5.10 Å². The van der Waals surface area contributed by atoms with Crippen molar-refractivity contribution in [2.45, 2.75) is 23.3 Å². The average molecular weight is 352 g/mol. The highest BCUT2D eigenvalue weighted by Crippen LogP contribution is 2.30. The summed E-state index contributed by atoms with van der Waals surface area (Å²) in [6, 6.07) is 7.69. The van der Waals surface area contributed by atoms with E-state index in [0.717, 1.165) is 0 Å². The molecule has 0 fully saturated rings. The molecule has 120 valence electrons. The third-order valence-electron chi connectivity index (χ3n) is 3.39. The second kappa shape index (κ2) is 5.48. The van der Waals surface area contributed by atoms with Crippen molar-refractivity contribution < 1.29 is 8.42 Å². The van der Waals surface area contributed by atoms with Crippen LogP contribution in [0.2, 0.25) is 5.02 Å². The Bertz CT molecular complexity index is 1010. The van der Waals surface area contributed by atoms with Gasteiger partial charge in [-0.2, -0.15) is 0 Å². The van der Waals surface area contributed by atoms with Crippen molar-refractivity contribution in [3.8, 4) is 0 Å². The van der Waals surface area contributed by atoms with Crippen LogP contribution < -0.4 is 11.5 Å². The number of fused-ring (bicyclic) bond motifs is 1. The first kappa shape index (κ1) is 15.7. The van der Waals surface area contributed by atoms with Crippen LogP contribution in [0.3, 0.4) is 0 Å². The van der Waals surface area contributed by atoms with Gasteiger partial charge < -0.3 is 11.5 Å². The summed E-state index contributed by atoms with van der Waals surface area (Å²) >= 11 is 5.89. The fourth-order valence-electron chi connectivity index (χ4n) is 2.34. The predicted octanol–water partition coefficient (Wildman–Crippen LogP) is 1.56. The Morgan fingerprint density at radius 2 is 2.04 bits per heavy atom. The number of hydrogen-bond donors (Lipinski definition) is 2. The Kier molecular flexibility index (Phi) is 3.75. The summed E-state index contributed by atoms with van der Waals surface area (Å²) in [4.78, 5) is 4.16. The van der Waals surface area contributed by atoms with E-state index in [2.05, 4.69) is 10.1 Å². The smallest absolute Gasteiger partial charge is 0.214 e. The molecule has 0 saturated carbocycles. The molecule has 0 spiro atoms. The van der Waals surface area contributed by atoms with Crippen molar-refractivity contribution in [1.82, 2.24) is 14.6 Å². The summed E-state index contributed by atoms with van der Waals surface area (Å²) in [7, 11) is -3.91. The highest BCUT2D eigenvalue weighted by molar-refractivity contribution is 7.91. The molecule has 0 radical (unpaired) electrons. The van der Waals surface area contributed by atoms with Crippen molar-refractivity contribution in [3.05, 3.63) is 46.7 Å². The molecule has 2 aromatic heterocycles. The third-order valence-corrected chi connectivity index (χ3v) is 5.43. The molecule has 0 aliphatic heterocycles. The number of halogens is 1. The molecule has 0 unspecified atom stereocenters. The number of anilines is 1.